The highest BCUT2D eigenvalue weighted by Crippen LogP contribution is 2.31. The molecule has 1 fully saturated rings. The first-order valence-corrected chi connectivity index (χ1v) is 8.29. The van der Waals surface area contributed by atoms with Crippen molar-refractivity contribution in [2.45, 2.75) is 12.7 Å². The van der Waals surface area contributed by atoms with E-state index in [2.05, 4.69) is 10.1 Å². The Morgan fingerprint density at radius 3 is 2.62 bits per heavy atom. The average molecular weight is 362 g/mol. The summed E-state index contributed by atoms with van der Waals surface area (Å²) < 4.78 is 34.3. The van der Waals surface area contributed by atoms with Crippen LogP contribution in [0.3, 0.4) is 0 Å². The molecule has 26 heavy (non-hydrogen) atoms. The van der Waals surface area contributed by atoms with Gasteiger partial charge in [-0.05, 0) is 30.3 Å². The Labute approximate surface area is 150 Å². The highest BCUT2D eigenvalue weighted by molar-refractivity contribution is 5.94. The van der Waals surface area contributed by atoms with Crippen LogP contribution >= 0.6 is 0 Å². The first-order chi connectivity index (χ1) is 12.6. The molecule has 1 unspecified atom stereocenters. The van der Waals surface area contributed by atoms with Crippen molar-refractivity contribution in [3.05, 3.63) is 59.7 Å². The number of nitrogens with one attached hydrogen (secondary N) is 1. The molecule has 2 aromatic rings. The van der Waals surface area contributed by atoms with Gasteiger partial charge in [0.2, 0.25) is 0 Å². The van der Waals surface area contributed by atoms with Gasteiger partial charge in [0.25, 0.3) is 5.91 Å². The monoisotopic (exact) mass is 362 g/mol. The Bertz CT molecular complexity index is 753. The molecule has 0 aliphatic carbocycles. The number of hydrogen-bond acceptors (Lipinski definition) is 4. The van der Waals surface area contributed by atoms with E-state index in [-0.39, 0.29) is 17.7 Å². The third-order valence-corrected chi connectivity index (χ3v) is 4.33. The van der Waals surface area contributed by atoms with Crippen molar-refractivity contribution in [3.8, 4) is 11.5 Å². The van der Waals surface area contributed by atoms with Crippen molar-refractivity contribution in [3.63, 3.8) is 0 Å². The molecular weight excluding hydrogens is 342 g/mol. The maximum absolute atomic E-state index is 13.0. The van der Waals surface area contributed by atoms with E-state index in [0.29, 0.717) is 25.2 Å². The minimum absolute atomic E-state index is 0.0261. The number of hydrogen-bond donors (Lipinski definition) is 1. The molecule has 2 aromatic carbocycles. The van der Waals surface area contributed by atoms with Crippen LogP contribution < -0.4 is 14.8 Å². The van der Waals surface area contributed by atoms with E-state index < -0.39 is 6.61 Å². The van der Waals surface area contributed by atoms with Crippen LogP contribution in [0.2, 0.25) is 0 Å². The van der Waals surface area contributed by atoms with E-state index in [1.807, 2.05) is 24.3 Å². The predicted octanol–water partition coefficient (Wildman–Crippen LogP) is 3.08. The molecule has 5 nitrogen and oxygen atoms in total. The van der Waals surface area contributed by atoms with Gasteiger partial charge in [0.15, 0.2) is 0 Å². The van der Waals surface area contributed by atoms with Crippen LogP contribution in [-0.4, -0.2) is 44.2 Å². The van der Waals surface area contributed by atoms with Crippen LogP contribution in [0.5, 0.6) is 11.5 Å². The summed E-state index contributed by atoms with van der Waals surface area (Å²) in [7, 11) is 1.60. The molecule has 1 amide bonds. The smallest absolute Gasteiger partial charge is 0.387 e. The third kappa shape index (κ3) is 3.94. The summed E-state index contributed by atoms with van der Waals surface area (Å²) in [5.74, 6) is 0.587. The summed E-state index contributed by atoms with van der Waals surface area (Å²) in [4.78, 5) is 14.8. The lowest BCUT2D eigenvalue weighted by Gasteiger charge is -2.37. The number of halogens is 2. The van der Waals surface area contributed by atoms with Crippen molar-refractivity contribution in [1.82, 2.24) is 10.2 Å². The molecule has 1 atom stereocenters. The second-order valence-electron chi connectivity index (χ2n) is 5.86. The number of carbonyl (C=O) groups is 1. The lowest BCUT2D eigenvalue weighted by atomic mass is 10.0. The Morgan fingerprint density at radius 1 is 1.19 bits per heavy atom. The number of nitrogens with zero attached hydrogens (tertiary/aromatic N) is 1. The summed E-state index contributed by atoms with van der Waals surface area (Å²) in [6.45, 7) is -1.06. The van der Waals surface area contributed by atoms with Crippen molar-refractivity contribution in [1.29, 1.82) is 0 Å². The van der Waals surface area contributed by atoms with Crippen molar-refractivity contribution >= 4 is 5.91 Å². The van der Waals surface area contributed by atoms with Gasteiger partial charge in [-0.25, -0.2) is 0 Å². The first kappa shape index (κ1) is 18.1. The van der Waals surface area contributed by atoms with Gasteiger partial charge < -0.3 is 19.7 Å². The molecule has 3 rings (SSSR count). The normalized spacial score (nSPS) is 17.2. The number of methoxy groups -OCH3 is 1. The third-order valence-electron chi connectivity index (χ3n) is 4.33. The number of carbonyl (C=O) groups excluding carboxylic acids is 1. The molecule has 0 spiro atoms. The van der Waals surface area contributed by atoms with E-state index in [0.717, 1.165) is 11.3 Å². The van der Waals surface area contributed by atoms with E-state index >= 15 is 0 Å². The summed E-state index contributed by atoms with van der Waals surface area (Å²) in [6, 6.07) is 13.2. The summed E-state index contributed by atoms with van der Waals surface area (Å²) in [5.41, 5.74) is 1.35. The van der Waals surface area contributed by atoms with Gasteiger partial charge in [-0.1, -0.05) is 18.2 Å². The van der Waals surface area contributed by atoms with Crippen LogP contribution in [-0.2, 0) is 0 Å². The Balaban J connectivity index is 1.84. The minimum Gasteiger partial charge on any atom is -0.496 e. The summed E-state index contributed by atoms with van der Waals surface area (Å²) in [6.07, 6.45) is 0. The van der Waals surface area contributed by atoms with E-state index in [9.17, 15) is 13.6 Å². The molecule has 138 valence electrons. The first-order valence-electron chi connectivity index (χ1n) is 8.29. The van der Waals surface area contributed by atoms with Crippen LogP contribution in [0, 0.1) is 0 Å². The quantitative estimate of drug-likeness (QED) is 0.888. The van der Waals surface area contributed by atoms with Crippen LogP contribution in [0.25, 0.3) is 0 Å². The van der Waals surface area contributed by atoms with E-state index in [1.54, 1.807) is 12.0 Å². The number of benzene rings is 2. The number of para-hydroxylation sites is 1. The molecule has 0 saturated carbocycles. The predicted molar refractivity (Wildman–Crippen MR) is 92.7 cm³/mol. The van der Waals surface area contributed by atoms with Gasteiger partial charge in [-0.3, -0.25) is 4.79 Å². The molecule has 1 heterocycles. The van der Waals surface area contributed by atoms with E-state index in [4.69, 9.17) is 4.74 Å². The topological polar surface area (TPSA) is 50.8 Å². The minimum atomic E-state index is -2.89. The maximum atomic E-state index is 13.0. The average Bonchev–Trinajstić information content (AvgIpc) is 2.67. The molecule has 1 N–H and O–H groups in total. The number of piperazine rings is 1. The largest absolute Gasteiger partial charge is 0.496 e. The fraction of sp³-hybridized carbons (Fsp3) is 0.316. The lowest BCUT2D eigenvalue weighted by molar-refractivity contribution is -0.0498. The molecule has 0 aromatic heterocycles. The van der Waals surface area contributed by atoms with E-state index in [1.165, 1.54) is 24.3 Å². The molecule has 0 radical (unpaired) electrons. The molecule has 1 aliphatic rings. The fourth-order valence-electron chi connectivity index (χ4n) is 3.11. The molecule has 1 saturated heterocycles. The number of ether oxygens (including phenoxy) is 2. The van der Waals surface area contributed by atoms with Gasteiger partial charge in [0.1, 0.15) is 11.5 Å². The fourth-order valence-corrected chi connectivity index (χ4v) is 3.11. The van der Waals surface area contributed by atoms with Gasteiger partial charge >= 0.3 is 6.61 Å². The number of alkyl halides is 2. The zero-order chi connectivity index (χ0) is 18.5. The maximum Gasteiger partial charge on any atom is 0.387 e. The SMILES string of the molecule is COc1ccccc1C1CNCCN1C(=O)c1ccc(OC(F)F)cc1. The van der Waals surface area contributed by atoms with Gasteiger partial charge in [0.05, 0.1) is 13.2 Å². The van der Waals surface area contributed by atoms with Crippen LogP contribution in [0.4, 0.5) is 8.78 Å². The van der Waals surface area contributed by atoms with Gasteiger partial charge in [0, 0.05) is 30.8 Å². The molecule has 1 aliphatic heterocycles. The number of rotatable bonds is 5. The molecular formula is C19H20F2N2O3. The van der Waals surface area contributed by atoms with Gasteiger partial charge in [-0.2, -0.15) is 8.78 Å². The van der Waals surface area contributed by atoms with Crippen molar-refractivity contribution in [2.75, 3.05) is 26.7 Å². The molecule has 7 heteroatoms. The summed E-state index contributed by atoms with van der Waals surface area (Å²) >= 11 is 0. The zero-order valence-corrected chi connectivity index (χ0v) is 14.3. The van der Waals surface area contributed by atoms with Crippen LogP contribution in [0.1, 0.15) is 22.0 Å². The van der Waals surface area contributed by atoms with Crippen molar-refractivity contribution in [2.24, 2.45) is 0 Å². The number of amides is 1. The Kier molecular flexibility index (Phi) is 5.68. The standard InChI is InChI=1S/C19H20F2N2O3/c1-25-17-5-3-2-4-15(17)16-12-22-10-11-23(16)18(24)13-6-8-14(9-7-13)26-19(20)21/h2-9,16,19,22H,10-12H2,1H3. The zero-order valence-electron chi connectivity index (χ0n) is 14.3. The van der Waals surface area contributed by atoms with Crippen LogP contribution in [0.15, 0.2) is 48.5 Å². The summed E-state index contributed by atoms with van der Waals surface area (Å²) in [5, 5.41) is 3.30. The highest BCUT2D eigenvalue weighted by atomic mass is 19.3. The lowest BCUT2D eigenvalue weighted by Crippen LogP contribution is -2.48. The highest BCUT2D eigenvalue weighted by Gasteiger charge is 2.30. The second kappa shape index (κ2) is 8.14. The Morgan fingerprint density at radius 2 is 1.92 bits per heavy atom. The van der Waals surface area contributed by atoms with Crippen molar-refractivity contribution < 1.29 is 23.0 Å². The second-order valence-corrected chi connectivity index (χ2v) is 5.86. The Hall–Kier alpha value is -2.67. The van der Waals surface area contributed by atoms with Gasteiger partial charge in [-0.15, -0.1) is 0 Å². The molecule has 0 bridgehead atoms.